The lowest BCUT2D eigenvalue weighted by Crippen LogP contribution is -2.29. The molecule has 0 saturated carbocycles. The average molecular weight is 235 g/mol. The molecule has 2 heteroatoms. The van der Waals surface area contributed by atoms with Gasteiger partial charge in [-0.2, -0.15) is 0 Å². The highest BCUT2D eigenvalue weighted by Crippen LogP contribution is 2.30. The Labute approximate surface area is 105 Å². The van der Waals surface area contributed by atoms with Gasteiger partial charge < -0.3 is 10.4 Å². The number of unbranched alkanes of at least 4 members (excludes halogenated alkanes) is 2. The maximum atomic E-state index is 10.8. The molecule has 0 aliphatic carbocycles. The van der Waals surface area contributed by atoms with E-state index in [2.05, 4.69) is 12.2 Å². The molecule has 0 aromatic heterocycles. The monoisotopic (exact) mass is 235 g/mol. The molecule has 17 heavy (non-hydrogen) atoms. The van der Waals surface area contributed by atoms with Crippen molar-refractivity contribution in [1.29, 1.82) is 0 Å². The Kier molecular flexibility index (Phi) is 6.23. The molecule has 0 fully saturated rings. The summed E-state index contributed by atoms with van der Waals surface area (Å²) in [5.41, 5.74) is 0.380. The summed E-state index contributed by atoms with van der Waals surface area (Å²) < 4.78 is 0. The van der Waals surface area contributed by atoms with E-state index in [1.807, 2.05) is 37.4 Å². The van der Waals surface area contributed by atoms with Crippen molar-refractivity contribution >= 4 is 0 Å². The van der Waals surface area contributed by atoms with Gasteiger partial charge in [-0.1, -0.05) is 56.5 Å². The molecular weight excluding hydrogens is 210 g/mol. The fourth-order valence-electron chi connectivity index (χ4n) is 2.16. The summed E-state index contributed by atoms with van der Waals surface area (Å²) in [5, 5.41) is 13.9. The maximum absolute atomic E-state index is 10.8. The quantitative estimate of drug-likeness (QED) is 0.679. The van der Waals surface area contributed by atoms with Crippen LogP contribution in [0.1, 0.15) is 44.6 Å². The summed E-state index contributed by atoms with van der Waals surface area (Å²) in [6.07, 6.45) is 5.10. The molecule has 1 aromatic carbocycles. The highest BCUT2D eigenvalue weighted by Gasteiger charge is 2.27. The Bertz CT molecular complexity index is 299. The Hall–Kier alpha value is -0.860. The zero-order chi connectivity index (χ0) is 12.6. The van der Waals surface area contributed by atoms with E-state index in [9.17, 15) is 5.11 Å². The Balaban J connectivity index is 2.70. The molecule has 96 valence electrons. The minimum absolute atomic E-state index is 0.667. The minimum Gasteiger partial charge on any atom is -0.385 e. The molecule has 0 aliphatic heterocycles. The van der Waals surface area contributed by atoms with Crippen LogP contribution in [0, 0.1) is 0 Å². The largest absolute Gasteiger partial charge is 0.385 e. The maximum Gasteiger partial charge on any atom is 0.0908 e. The van der Waals surface area contributed by atoms with Crippen molar-refractivity contribution in [2.24, 2.45) is 0 Å². The first kappa shape index (κ1) is 14.2. The van der Waals surface area contributed by atoms with Crippen LogP contribution in [0.25, 0.3) is 0 Å². The fourth-order valence-corrected chi connectivity index (χ4v) is 2.16. The predicted molar refractivity (Wildman–Crippen MR) is 73.0 cm³/mol. The second-order valence-corrected chi connectivity index (χ2v) is 4.71. The molecule has 0 aliphatic rings. The summed E-state index contributed by atoms with van der Waals surface area (Å²) in [7, 11) is 1.93. The molecule has 1 atom stereocenters. The SMILES string of the molecule is CCCCCC(O)(CCNC)c1ccccc1. The third-order valence-electron chi connectivity index (χ3n) is 3.29. The average Bonchev–Trinajstić information content (AvgIpc) is 2.38. The second-order valence-electron chi connectivity index (χ2n) is 4.71. The molecule has 1 aromatic rings. The van der Waals surface area contributed by atoms with Crippen LogP contribution in [0.3, 0.4) is 0 Å². The van der Waals surface area contributed by atoms with Gasteiger partial charge in [0.05, 0.1) is 5.60 Å². The second kappa shape index (κ2) is 7.46. The van der Waals surface area contributed by atoms with Gasteiger partial charge in [0, 0.05) is 0 Å². The van der Waals surface area contributed by atoms with E-state index in [0.29, 0.717) is 0 Å². The van der Waals surface area contributed by atoms with Crippen molar-refractivity contribution in [2.75, 3.05) is 13.6 Å². The first-order valence-electron chi connectivity index (χ1n) is 6.65. The van der Waals surface area contributed by atoms with Crippen molar-refractivity contribution in [3.63, 3.8) is 0 Å². The number of nitrogens with one attached hydrogen (secondary N) is 1. The van der Waals surface area contributed by atoms with Crippen LogP contribution in [0.15, 0.2) is 30.3 Å². The van der Waals surface area contributed by atoms with Gasteiger partial charge in [0.1, 0.15) is 0 Å². The molecule has 0 bridgehead atoms. The molecule has 1 rings (SSSR count). The van der Waals surface area contributed by atoms with Crippen LogP contribution in [0.2, 0.25) is 0 Å². The predicted octanol–water partition coefficient (Wildman–Crippen LogP) is 3.06. The summed E-state index contributed by atoms with van der Waals surface area (Å²) in [6, 6.07) is 10.1. The molecule has 0 spiro atoms. The van der Waals surface area contributed by atoms with Crippen molar-refractivity contribution in [3.8, 4) is 0 Å². The van der Waals surface area contributed by atoms with E-state index >= 15 is 0 Å². The zero-order valence-electron chi connectivity index (χ0n) is 11.1. The van der Waals surface area contributed by atoms with E-state index in [4.69, 9.17) is 0 Å². The molecule has 0 saturated heterocycles. The van der Waals surface area contributed by atoms with Crippen LogP contribution in [-0.4, -0.2) is 18.7 Å². The molecule has 1 unspecified atom stereocenters. The van der Waals surface area contributed by atoms with E-state index in [-0.39, 0.29) is 0 Å². The van der Waals surface area contributed by atoms with Crippen LogP contribution in [0.5, 0.6) is 0 Å². The van der Waals surface area contributed by atoms with Gasteiger partial charge in [-0.15, -0.1) is 0 Å². The molecule has 2 N–H and O–H groups in total. The van der Waals surface area contributed by atoms with Crippen LogP contribution in [-0.2, 0) is 5.60 Å². The smallest absolute Gasteiger partial charge is 0.0908 e. The van der Waals surface area contributed by atoms with Gasteiger partial charge in [0.2, 0.25) is 0 Å². The van der Waals surface area contributed by atoms with E-state index in [0.717, 1.165) is 31.4 Å². The van der Waals surface area contributed by atoms with Gasteiger partial charge in [-0.25, -0.2) is 0 Å². The summed E-state index contributed by atoms with van der Waals surface area (Å²) in [5.74, 6) is 0. The van der Waals surface area contributed by atoms with Gasteiger partial charge in [0.15, 0.2) is 0 Å². The number of benzene rings is 1. The number of hydrogen-bond acceptors (Lipinski definition) is 2. The van der Waals surface area contributed by atoms with Crippen LogP contribution < -0.4 is 5.32 Å². The third-order valence-corrected chi connectivity index (χ3v) is 3.29. The summed E-state index contributed by atoms with van der Waals surface area (Å²) >= 11 is 0. The Morgan fingerprint density at radius 3 is 2.41 bits per heavy atom. The lowest BCUT2D eigenvalue weighted by atomic mass is 9.85. The molecular formula is C15H25NO. The highest BCUT2D eigenvalue weighted by atomic mass is 16.3. The normalized spacial score (nSPS) is 14.5. The van der Waals surface area contributed by atoms with Gasteiger partial charge >= 0.3 is 0 Å². The molecule has 0 heterocycles. The fraction of sp³-hybridized carbons (Fsp3) is 0.600. The van der Waals surface area contributed by atoms with Crippen LogP contribution in [0.4, 0.5) is 0 Å². The number of rotatable bonds is 8. The van der Waals surface area contributed by atoms with Gasteiger partial charge in [-0.3, -0.25) is 0 Å². The minimum atomic E-state index is -0.667. The van der Waals surface area contributed by atoms with Crippen molar-refractivity contribution in [2.45, 2.75) is 44.6 Å². The van der Waals surface area contributed by atoms with Crippen molar-refractivity contribution < 1.29 is 5.11 Å². The van der Waals surface area contributed by atoms with Crippen molar-refractivity contribution in [1.82, 2.24) is 5.32 Å². The Morgan fingerprint density at radius 2 is 1.82 bits per heavy atom. The van der Waals surface area contributed by atoms with Crippen molar-refractivity contribution in [3.05, 3.63) is 35.9 Å². The molecule has 2 nitrogen and oxygen atoms in total. The topological polar surface area (TPSA) is 32.3 Å². The molecule has 0 radical (unpaired) electrons. The molecule has 0 amide bonds. The lowest BCUT2D eigenvalue weighted by molar-refractivity contribution is 0.0167. The first-order chi connectivity index (χ1) is 8.23. The number of hydrogen-bond donors (Lipinski definition) is 2. The van der Waals surface area contributed by atoms with E-state index in [1.165, 1.54) is 12.8 Å². The Morgan fingerprint density at radius 1 is 1.12 bits per heavy atom. The lowest BCUT2D eigenvalue weighted by Gasteiger charge is -2.29. The van der Waals surface area contributed by atoms with E-state index < -0.39 is 5.60 Å². The highest BCUT2D eigenvalue weighted by molar-refractivity contribution is 5.22. The van der Waals surface area contributed by atoms with Crippen LogP contribution >= 0.6 is 0 Å². The van der Waals surface area contributed by atoms with Gasteiger partial charge in [-0.05, 0) is 32.0 Å². The number of aliphatic hydroxyl groups is 1. The summed E-state index contributed by atoms with van der Waals surface area (Å²) in [6.45, 7) is 3.03. The van der Waals surface area contributed by atoms with Gasteiger partial charge in [0.25, 0.3) is 0 Å². The standard InChI is InChI=1S/C15H25NO/c1-3-4-8-11-15(17,12-13-16-2)14-9-6-5-7-10-14/h5-7,9-10,16-17H,3-4,8,11-13H2,1-2H3. The van der Waals surface area contributed by atoms with E-state index in [1.54, 1.807) is 0 Å². The third kappa shape index (κ3) is 4.49. The summed E-state index contributed by atoms with van der Waals surface area (Å²) in [4.78, 5) is 0. The zero-order valence-corrected chi connectivity index (χ0v) is 11.1. The first-order valence-corrected chi connectivity index (χ1v) is 6.65.